The fourth-order valence-corrected chi connectivity index (χ4v) is 4.15. The average molecular weight is 326 g/mol. The average Bonchev–Trinajstić information content (AvgIpc) is 3.01. The Labute approximate surface area is 125 Å². The van der Waals surface area contributed by atoms with E-state index in [1.807, 2.05) is 6.92 Å². The summed E-state index contributed by atoms with van der Waals surface area (Å²) in [5.41, 5.74) is 0.428. The van der Waals surface area contributed by atoms with Crippen molar-refractivity contribution in [1.82, 2.24) is 19.3 Å². The standard InChI is InChI=1S/C12H14N4O3S2/c1-7-4-5-10(19-7)6-13-21(17,18)11-8(2)14-12-16(11)15-9(3)20-12/h4-5,13H,6H2,1-3H3. The number of aryl methyl sites for hydroxylation is 3. The summed E-state index contributed by atoms with van der Waals surface area (Å²) in [5.74, 6) is 1.30. The van der Waals surface area contributed by atoms with Crippen LogP contribution in [0.4, 0.5) is 0 Å². The normalized spacial score (nSPS) is 12.3. The molecule has 0 bridgehead atoms. The molecule has 0 atom stereocenters. The van der Waals surface area contributed by atoms with Crippen LogP contribution in [0.15, 0.2) is 21.6 Å². The molecular weight excluding hydrogens is 312 g/mol. The Morgan fingerprint density at radius 1 is 1.33 bits per heavy atom. The summed E-state index contributed by atoms with van der Waals surface area (Å²) < 4.78 is 34.2. The molecule has 0 amide bonds. The van der Waals surface area contributed by atoms with Crippen LogP contribution in [0.3, 0.4) is 0 Å². The first-order valence-electron chi connectivity index (χ1n) is 6.24. The molecule has 0 unspecified atom stereocenters. The molecule has 0 radical (unpaired) electrons. The molecule has 1 N–H and O–H groups in total. The summed E-state index contributed by atoms with van der Waals surface area (Å²) in [6.07, 6.45) is 0. The number of rotatable bonds is 4. The van der Waals surface area contributed by atoms with E-state index in [1.165, 1.54) is 15.9 Å². The Kier molecular flexibility index (Phi) is 3.34. The van der Waals surface area contributed by atoms with Crippen LogP contribution in [-0.4, -0.2) is 23.0 Å². The highest BCUT2D eigenvalue weighted by molar-refractivity contribution is 7.89. The van der Waals surface area contributed by atoms with Gasteiger partial charge in [0.2, 0.25) is 4.96 Å². The number of sulfonamides is 1. The highest BCUT2D eigenvalue weighted by Gasteiger charge is 2.25. The monoisotopic (exact) mass is 326 g/mol. The molecule has 3 aromatic heterocycles. The van der Waals surface area contributed by atoms with Crippen LogP contribution in [0.25, 0.3) is 4.96 Å². The van der Waals surface area contributed by atoms with Crippen LogP contribution < -0.4 is 4.72 Å². The number of fused-ring (bicyclic) bond motifs is 1. The topological polar surface area (TPSA) is 89.5 Å². The number of hydrogen-bond donors (Lipinski definition) is 1. The van der Waals surface area contributed by atoms with Crippen LogP contribution >= 0.6 is 11.3 Å². The summed E-state index contributed by atoms with van der Waals surface area (Å²) >= 11 is 1.35. The van der Waals surface area contributed by atoms with Crippen molar-refractivity contribution >= 4 is 26.3 Å². The van der Waals surface area contributed by atoms with Crippen molar-refractivity contribution in [1.29, 1.82) is 0 Å². The van der Waals surface area contributed by atoms with E-state index in [1.54, 1.807) is 26.0 Å². The second-order valence-corrected chi connectivity index (χ2v) is 7.50. The van der Waals surface area contributed by atoms with Crippen molar-refractivity contribution in [2.45, 2.75) is 32.3 Å². The second kappa shape index (κ2) is 4.93. The molecule has 0 saturated carbocycles. The van der Waals surface area contributed by atoms with Crippen molar-refractivity contribution in [2.75, 3.05) is 0 Å². The molecule has 0 spiro atoms. The Hall–Kier alpha value is -1.71. The van der Waals surface area contributed by atoms with Crippen LogP contribution in [0, 0.1) is 20.8 Å². The van der Waals surface area contributed by atoms with Gasteiger partial charge in [-0.25, -0.2) is 18.1 Å². The van der Waals surface area contributed by atoms with Gasteiger partial charge in [0.1, 0.15) is 16.5 Å². The lowest BCUT2D eigenvalue weighted by Crippen LogP contribution is -2.25. The van der Waals surface area contributed by atoms with Crippen molar-refractivity contribution in [3.8, 4) is 0 Å². The number of nitrogens with one attached hydrogen (secondary N) is 1. The molecule has 21 heavy (non-hydrogen) atoms. The lowest BCUT2D eigenvalue weighted by atomic mass is 10.4. The fraction of sp³-hybridized carbons (Fsp3) is 0.333. The van der Waals surface area contributed by atoms with Crippen molar-refractivity contribution in [2.24, 2.45) is 0 Å². The molecule has 0 aliphatic rings. The minimum absolute atomic E-state index is 0.0742. The molecule has 3 rings (SSSR count). The zero-order valence-electron chi connectivity index (χ0n) is 11.7. The van der Waals surface area contributed by atoms with Gasteiger partial charge in [-0.15, -0.1) is 0 Å². The van der Waals surface area contributed by atoms with E-state index in [0.29, 0.717) is 16.4 Å². The molecule has 0 saturated heterocycles. The van der Waals surface area contributed by atoms with Crippen LogP contribution in [0.1, 0.15) is 22.2 Å². The highest BCUT2D eigenvalue weighted by atomic mass is 32.2. The third-order valence-electron chi connectivity index (χ3n) is 2.91. The van der Waals surface area contributed by atoms with Gasteiger partial charge >= 0.3 is 0 Å². The molecule has 3 aromatic rings. The van der Waals surface area contributed by atoms with E-state index in [9.17, 15) is 8.42 Å². The molecule has 112 valence electrons. The van der Waals surface area contributed by atoms with Crippen LogP contribution in [-0.2, 0) is 16.6 Å². The third kappa shape index (κ3) is 2.59. The maximum Gasteiger partial charge on any atom is 0.260 e. The fourth-order valence-electron chi connectivity index (χ4n) is 2.05. The molecule has 0 fully saturated rings. The number of hydrogen-bond acceptors (Lipinski definition) is 6. The summed E-state index contributed by atoms with van der Waals surface area (Å²) in [6, 6.07) is 3.53. The zero-order valence-corrected chi connectivity index (χ0v) is 13.4. The molecular formula is C12H14N4O3S2. The Morgan fingerprint density at radius 2 is 2.10 bits per heavy atom. The SMILES string of the molecule is Cc1ccc(CNS(=O)(=O)c2c(C)nc3sc(C)nn23)o1. The number of nitrogens with zero attached hydrogens (tertiary/aromatic N) is 3. The molecule has 7 nitrogen and oxygen atoms in total. The Balaban J connectivity index is 1.94. The highest BCUT2D eigenvalue weighted by Crippen LogP contribution is 2.21. The summed E-state index contributed by atoms with van der Waals surface area (Å²) in [7, 11) is -3.72. The molecule has 0 aliphatic heterocycles. The lowest BCUT2D eigenvalue weighted by Gasteiger charge is -2.04. The predicted octanol–water partition coefficient (Wildman–Crippen LogP) is 1.79. The molecule has 3 heterocycles. The maximum atomic E-state index is 12.5. The van der Waals surface area contributed by atoms with Gasteiger partial charge in [-0.2, -0.15) is 9.61 Å². The summed E-state index contributed by atoms with van der Waals surface area (Å²) in [4.78, 5) is 4.80. The van der Waals surface area contributed by atoms with E-state index in [4.69, 9.17) is 4.42 Å². The largest absolute Gasteiger partial charge is 0.465 e. The molecule has 0 aliphatic carbocycles. The quantitative estimate of drug-likeness (QED) is 0.789. The van der Waals surface area contributed by atoms with Crippen molar-refractivity contribution < 1.29 is 12.8 Å². The van der Waals surface area contributed by atoms with Crippen LogP contribution in [0.2, 0.25) is 0 Å². The number of imidazole rings is 1. The van der Waals surface area contributed by atoms with Crippen LogP contribution in [0.5, 0.6) is 0 Å². The predicted molar refractivity (Wildman–Crippen MR) is 77.8 cm³/mol. The number of aromatic nitrogens is 3. The molecule has 0 aromatic carbocycles. The van der Waals surface area contributed by atoms with E-state index in [2.05, 4.69) is 14.8 Å². The first-order valence-corrected chi connectivity index (χ1v) is 8.54. The van der Waals surface area contributed by atoms with E-state index < -0.39 is 10.0 Å². The van der Waals surface area contributed by atoms with Gasteiger partial charge in [0.25, 0.3) is 10.0 Å². The van der Waals surface area contributed by atoms with Gasteiger partial charge < -0.3 is 4.42 Å². The van der Waals surface area contributed by atoms with Crippen molar-refractivity contribution in [3.05, 3.63) is 34.4 Å². The second-order valence-electron chi connectivity index (χ2n) is 4.65. The van der Waals surface area contributed by atoms with Gasteiger partial charge in [-0.05, 0) is 32.9 Å². The van der Waals surface area contributed by atoms with Gasteiger partial charge in [-0.1, -0.05) is 11.3 Å². The van der Waals surface area contributed by atoms with E-state index in [-0.39, 0.29) is 11.6 Å². The maximum absolute atomic E-state index is 12.5. The zero-order chi connectivity index (χ0) is 15.2. The first-order chi connectivity index (χ1) is 9.87. The Bertz CT molecular complexity index is 904. The lowest BCUT2D eigenvalue weighted by molar-refractivity contribution is 0.474. The van der Waals surface area contributed by atoms with Gasteiger partial charge in [0, 0.05) is 0 Å². The molecule has 9 heteroatoms. The van der Waals surface area contributed by atoms with Gasteiger partial charge in [0.15, 0.2) is 5.03 Å². The minimum Gasteiger partial charge on any atom is -0.465 e. The van der Waals surface area contributed by atoms with Crippen molar-refractivity contribution in [3.63, 3.8) is 0 Å². The minimum atomic E-state index is -3.72. The third-order valence-corrected chi connectivity index (χ3v) is 5.24. The smallest absolute Gasteiger partial charge is 0.260 e. The van der Waals surface area contributed by atoms with Gasteiger partial charge in [-0.3, -0.25) is 0 Å². The summed E-state index contributed by atoms with van der Waals surface area (Å²) in [5, 5.41) is 5.02. The Morgan fingerprint density at radius 3 is 2.76 bits per heavy atom. The van der Waals surface area contributed by atoms with E-state index >= 15 is 0 Å². The summed E-state index contributed by atoms with van der Waals surface area (Å²) in [6.45, 7) is 5.36. The van der Waals surface area contributed by atoms with E-state index in [0.717, 1.165) is 10.8 Å². The first kappa shape index (κ1) is 14.2. The van der Waals surface area contributed by atoms with Gasteiger partial charge in [0.05, 0.1) is 12.2 Å². The number of furan rings is 1.